The Labute approximate surface area is 329 Å². The average molecular weight is 714 g/mol. The van der Waals surface area contributed by atoms with E-state index in [2.05, 4.69) is 225 Å². The van der Waals surface area contributed by atoms with Gasteiger partial charge < -0.3 is 0 Å². The number of benzene rings is 8. The molecule has 56 heavy (non-hydrogen) atoms. The summed E-state index contributed by atoms with van der Waals surface area (Å²) in [5.41, 5.74) is 19.4. The first-order chi connectivity index (χ1) is 27.7. The molecule has 0 bridgehead atoms. The topological polar surface area (TPSA) is 12.9 Å². The Morgan fingerprint density at radius 1 is 0.250 bits per heavy atom. The van der Waals surface area contributed by atoms with Crippen LogP contribution in [0.3, 0.4) is 0 Å². The van der Waals surface area contributed by atoms with Crippen LogP contribution in [0, 0.1) is 0 Å². The molecule has 1 nitrogen and oxygen atoms in total. The van der Waals surface area contributed by atoms with Crippen molar-refractivity contribution in [3.8, 4) is 89.3 Å². The second-order valence-corrected chi connectivity index (χ2v) is 14.1. The number of nitrogens with zero attached hydrogens (tertiary/aromatic N) is 1. The molecule has 0 saturated carbocycles. The molecule has 8 aromatic carbocycles. The quantitative estimate of drug-likeness (QED) is 0.145. The Hall–Kier alpha value is -7.35. The number of hydrogen-bond acceptors (Lipinski definition) is 1. The molecule has 264 valence electrons. The molecule has 0 spiro atoms. The lowest BCUT2D eigenvalue weighted by Gasteiger charge is -2.12. The van der Waals surface area contributed by atoms with E-state index < -0.39 is 0 Å². The lowest BCUT2D eigenvalue weighted by Crippen LogP contribution is -1.92. The normalized spacial score (nSPS) is 10.9. The highest BCUT2D eigenvalue weighted by Gasteiger charge is 2.11. The highest BCUT2D eigenvalue weighted by Crippen LogP contribution is 2.34. The van der Waals surface area contributed by atoms with Crippen molar-refractivity contribution in [3.05, 3.63) is 231 Å². The Bertz CT molecular complexity index is 2570. The maximum Gasteiger partial charge on any atom is 0.0715 e. The number of rotatable bonds is 9. The van der Waals surface area contributed by atoms with Crippen LogP contribution >= 0.6 is 0 Å². The fourth-order valence-electron chi connectivity index (χ4n) is 7.30. The third-order valence-corrected chi connectivity index (χ3v) is 10.5. The van der Waals surface area contributed by atoms with Gasteiger partial charge in [-0.3, -0.25) is 0 Å². The van der Waals surface area contributed by atoms with E-state index in [0.29, 0.717) is 0 Å². The molecule has 0 unspecified atom stereocenters. The number of pyridine rings is 1. The minimum Gasteiger partial charge on any atom is -0.248 e. The molecule has 0 atom stereocenters. The third-order valence-electron chi connectivity index (χ3n) is 10.5. The molecule has 0 saturated heterocycles. The van der Waals surface area contributed by atoms with Crippen molar-refractivity contribution < 1.29 is 0 Å². The molecule has 0 N–H and O–H groups in total. The largest absolute Gasteiger partial charge is 0.248 e. The standard InChI is InChI=1S/C55H39N/c1-2-39-13-15-42(16-14-39)45-25-27-50(28-26-45)53-37-54(51-33-29-48(30-34-51)46-21-17-43(18-22-46)40-9-5-3-6-10-40)56-55(38-53)52-35-31-49(32-36-52)47-23-19-44(20-24-47)41-11-7-4-8-12-41/h2-38H,1H2. The van der Waals surface area contributed by atoms with E-state index in [4.69, 9.17) is 4.98 Å². The molecule has 0 aliphatic carbocycles. The second-order valence-electron chi connectivity index (χ2n) is 14.1. The van der Waals surface area contributed by atoms with Crippen molar-refractivity contribution in [1.82, 2.24) is 4.98 Å². The molecule has 0 aliphatic heterocycles. The van der Waals surface area contributed by atoms with E-state index in [-0.39, 0.29) is 0 Å². The predicted octanol–water partition coefficient (Wildman–Crippen LogP) is 15.1. The maximum atomic E-state index is 5.27. The monoisotopic (exact) mass is 713 g/mol. The lowest BCUT2D eigenvalue weighted by atomic mass is 9.95. The van der Waals surface area contributed by atoms with E-state index in [1.54, 1.807) is 0 Å². The maximum absolute atomic E-state index is 5.27. The molecule has 1 aromatic heterocycles. The molecule has 0 amide bonds. The van der Waals surface area contributed by atoms with Crippen LogP contribution in [0.4, 0.5) is 0 Å². The molecule has 0 aliphatic rings. The Morgan fingerprint density at radius 3 is 0.768 bits per heavy atom. The summed E-state index contributed by atoms with van der Waals surface area (Å²) in [4.78, 5) is 5.27. The zero-order chi connectivity index (χ0) is 37.7. The van der Waals surface area contributed by atoms with Crippen molar-refractivity contribution in [3.63, 3.8) is 0 Å². The summed E-state index contributed by atoms with van der Waals surface area (Å²) in [6, 6.07) is 77.9. The lowest BCUT2D eigenvalue weighted by molar-refractivity contribution is 1.32. The van der Waals surface area contributed by atoms with Gasteiger partial charge in [-0.25, -0.2) is 4.98 Å². The van der Waals surface area contributed by atoms with Crippen LogP contribution < -0.4 is 0 Å². The van der Waals surface area contributed by atoms with Crippen molar-refractivity contribution in [2.45, 2.75) is 0 Å². The van der Waals surface area contributed by atoms with E-state index in [9.17, 15) is 0 Å². The van der Waals surface area contributed by atoms with E-state index >= 15 is 0 Å². The van der Waals surface area contributed by atoms with Gasteiger partial charge in [-0.05, 0) is 84.5 Å². The zero-order valence-electron chi connectivity index (χ0n) is 31.0. The summed E-state index contributed by atoms with van der Waals surface area (Å²) in [5, 5.41) is 0. The van der Waals surface area contributed by atoms with Gasteiger partial charge in [0.25, 0.3) is 0 Å². The van der Waals surface area contributed by atoms with Gasteiger partial charge in [0.05, 0.1) is 11.4 Å². The van der Waals surface area contributed by atoms with Crippen LogP contribution in [0.1, 0.15) is 5.56 Å². The molecule has 1 heteroatoms. The highest BCUT2D eigenvalue weighted by atomic mass is 14.7. The zero-order valence-corrected chi connectivity index (χ0v) is 31.0. The van der Waals surface area contributed by atoms with Crippen molar-refractivity contribution >= 4 is 6.08 Å². The van der Waals surface area contributed by atoms with Crippen LogP contribution in [0.25, 0.3) is 95.4 Å². The third kappa shape index (κ3) is 7.40. The van der Waals surface area contributed by atoms with Crippen LogP contribution in [-0.2, 0) is 0 Å². The molecule has 0 radical (unpaired) electrons. The van der Waals surface area contributed by atoms with Gasteiger partial charge in [0.2, 0.25) is 0 Å². The van der Waals surface area contributed by atoms with Crippen molar-refractivity contribution in [2.24, 2.45) is 0 Å². The van der Waals surface area contributed by atoms with Gasteiger partial charge >= 0.3 is 0 Å². The Balaban J connectivity index is 1.04. The van der Waals surface area contributed by atoms with Crippen LogP contribution in [0.5, 0.6) is 0 Å². The number of hydrogen-bond donors (Lipinski definition) is 0. The van der Waals surface area contributed by atoms with Gasteiger partial charge in [-0.1, -0.05) is 219 Å². The van der Waals surface area contributed by atoms with Crippen LogP contribution in [-0.4, -0.2) is 4.98 Å². The summed E-state index contributed by atoms with van der Waals surface area (Å²) in [6.07, 6.45) is 1.87. The molecule has 9 aromatic rings. The molecule has 1 heterocycles. The van der Waals surface area contributed by atoms with Gasteiger partial charge in [0.1, 0.15) is 0 Å². The summed E-state index contributed by atoms with van der Waals surface area (Å²) < 4.78 is 0. The van der Waals surface area contributed by atoms with Gasteiger partial charge in [0, 0.05) is 11.1 Å². The summed E-state index contributed by atoms with van der Waals surface area (Å²) in [7, 11) is 0. The van der Waals surface area contributed by atoms with Crippen molar-refractivity contribution in [2.75, 3.05) is 0 Å². The van der Waals surface area contributed by atoms with Gasteiger partial charge in [0.15, 0.2) is 0 Å². The summed E-state index contributed by atoms with van der Waals surface area (Å²) in [6.45, 7) is 3.89. The highest BCUT2D eigenvalue weighted by molar-refractivity contribution is 5.81. The van der Waals surface area contributed by atoms with Crippen LogP contribution in [0.2, 0.25) is 0 Å². The first-order valence-electron chi connectivity index (χ1n) is 19.0. The summed E-state index contributed by atoms with van der Waals surface area (Å²) >= 11 is 0. The Kier molecular flexibility index (Phi) is 9.56. The molecular weight excluding hydrogens is 675 g/mol. The molecular formula is C55H39N. The van der Waals surface area contributed by atoms with Gasteiger partial charge in [-0.15, -0.1) is 0 Å². The fraction of sp³-hybridized carbons (Fsp3) is 0. The SMILES string of the molecule is C=Cc1ccc(-c2ccc(-c3cc(-c4ccc(-c5ccc(-c6ccccc6)cc5)cc4)nc(-c4ccc(-c5ccc(-c6ccccc6)cc5)cc4)c3)cc2)cc1. The minimum atomic E-state index is 0.938. The first kappa shape index (κ1) is 34.4. The fourth-order valence-corrected chi connectivity index (χ4v) is 7.30. The summed E-state index contributed by atoms with van der Waals surface area (Å²) in [5.74, 6) is 0. The predicted molar refractivity (Wildman–Crippen MR) is 238 cm³/mol. The minimum absolute atomic E-state index is 0.938. The van der Waals surface area contributed by atoms with E-state index in [0.717, 1.165) is 39.2 Å². The smallest absolute Gasteiger partial charge is 0.0715 e. The van der Waals surface area contributed by atoms with E-state index in [1.807, 2.05) is 6.08 Å². The second kappa shape index (κ2) is 15.6. The molecule has 9 rings (SSSR count). The number of aromatic nitrogens is 1. The average Bonchev–Trinajstić information content (AvgIpc) is 3.30. The van der Waals surface area contributed by atoms with Crippen molar-refractivity contribution in [1.29, 1.82) is 0 Å². The van der Waals surface area contributed by atoms with Gasteiger partial charge in [-0.2, -0.15) is 0 Å². The van der Waals surface area contributed by atoms with Crippen LogP contribution in [0.15, 0.2) is 225 Å². The first-order valence-corrected chi connectivity index (χ1v) is 19.0. The van der Waals surface area contributed by atoms with E-state index in [1.165, 1.54) is 55.6 Å². The molecule has 0 fully saturated rings. The Morgan fingerprint density at radius 2 is 0.482 bits per heavy atom.